The summed E-state index contributed by atoms with van der Waals surface area (Å²) in [7, 11) is 0. The van der Waals surface area contributed by atoms with Crippen LogP contribution >= 0.6 is 0 Å². The third kappa shape index (κ3) is 3.97. The summed E-state index contributed by atoms with van der Waals surface area (Å²) in [4.78, 5) is 18.0. The zero-order valence-electron chi connectivity index (χ0n) is 18.1. The Morgan fingerprint density at radius 3 is 2.76 bits per heavy atom. The van der Waals surface area contributed by atoms with Crippen LogP contribution in [-0.4, -0.2) is 36.9 Å². The van der Waals surface area contributed by atoms with E-state index in [9.17, 15) is 4.79 Å². The van der Waals surface area contributed by atoms with Gasteiger partial charge in [-0.25, -0.2) is 4.68 Å². The molecule has 1 aliphatic carbocycles. The van der Waals surface area contributed by atoms with Gasteiger partial charge < -0.3 is 18.9 Å². The first kappa shape index (κ1) is 20.0. The SMILES string of the molecule is O=c1[nH]c2cc3c(cc2cc1CN(Cc1ccco1)Cc1nnnn1C1CCCC1)OCO3. The minimum absolute atomic E-state index is 0.138. The number of fused-ring (bicyclic) bond motifs is 2. The normalized spacial score (nSPS) is 15.8. The van der Waals surface area contributed by atoms with Gasteiger partial charge in [0.25, 0.3) is 5.56 Å². The number of H-pyrrole nitrogens is 1. The molecule has 0 saturated heterocycles. The van der Waals surface area contributed by atoms with E-state index in [1.807, 2.05) is 28.9 Å². The molecule has 0 bridgehead atoms. The van der Waals surface area contributed by atoms with Crippen LogP contribution in [0.1, 0.15) is 48.9 Å². The Bertz CT molecular complexity index is 1320. The highest BCUT2D eigenvalue weighted by atomic mass is 16.7. The standard InChI is InChI=1S/C23H24N6O4/c30-23-16(8-15-9-20-21(33-14-32-20)10-19(15)24-23)11-28(12-18-6-3-7-31-18)13-22-25-26-27-29(22)17-4-1-2-5-17/h3,6-10,17H,1-2,4-5,11-14H2,(H,24,30). The van der Waals surface area contributed by atoms with E-state index in [4.69, 9.17) is 13.9 Å². The van der Waals surface area contributed by atoms with Crippen molar-refractivity contribution < 1.29 is 13.9 Å². The van der Waals surface area contributed by atoms with Crippen molar-refractivity contribution in [1.29, 1.82) is 0 Å². The fourth-order valence-corrected chi connectivity index (χ4v) is 4.74. The Morgan fingerprint density at radius 1 is 1.09 bits per heavy atom. The van der Waals surface area contributed by atoms with Crippen molar-refractivity contribution in [3.63, 3.8) is 0 Å². The number of aromatic nitrogens is 5. The minimum atomic E-state index is -0.138. The van der Waals surface area contributed by atoms with E-state index in [0.717, 1.165) is 35.3 Å². The molecule has 1 saturated carbocycles. The molecule has 0 spiro atoms. The van der Waals surface area contributed by atoms with Gasteiger partial charge in [-0.1, -0.05) is 12.8 Å². The van der Waals surface area contributed by atoms with Gasteiger partial charge in [0.2, 0.25) is 6.79 Å². The van der Waals surface area contributed by atoms with Crippen molar-refractivity contribution in [3.8, 4) is 11.5 Å². The number of tetrazole rings is 1. The molecular weight excluding hydrogens is 424 g/mol. The van der Waals surface area contributed by atoms with Crippen molar-refractivity contribution in [2.24, 2.45) is 0 Å². The van der Waals surface area contributed by atoms with E-state index < -0.39 is 0 Å². The molecule has 1 fully saturated rings. The molecule has 3 aromatic heterocycles. The number of rotatable bonds is 7. The van der Waals surface area contributed by atoms with Crippen molar-refractivity contribution in [2.75, 3.05) is 6.79 Å². The summed E-state index contributed by atoms with van der Waals surface area (Å²) in [6.45, 7) is 1.64. The van der Waals surface area contributed by atoms with Gasteiger partial charge in [-0.2, -0.15) is 0 Å². The molecule has 1 aromatic carbocycles. The van der Waals surface area contributed by atoms with Crippen LogP contribution in [0.4, 0.5) is 0 Å². The zero-order chi connectivity index (χ0) is 22.2. The molecule has 4 heterocycles. The van der Waals surface area contributed by atoms with Crippen molar-refractivity contribution in [2.45, 2.75) is 51.4 Å². The lowest BCUT2D eigenvalue weighted by molar-refractivity contribution is 0.174. The zero-order valence-corrected chi connectivity index (χ0v) is 18.1. The lowest BCUT2D eigenvalue weighted by Crippen LogP contribution is -2.28. The van der Waals surface area contributed by atoms with Crippen LogP contribution in [0.15, 0.2) is 45.8 Å². The molecule has 2 aliphatic rings. The average Bonchev–Trinajstić information content (AvgIpc) is 3.59. The molecule has 33 heavy (non-hydrogen) atoms. The minimum Gasteiger partial charge on any atom is -0.468 e. The van der Waals surface area contributed by atoms with Gasteiger partial charge in [-0.15, -0.1) is 5.10 Å². The summed E-state index contributed by atoms with van der Waals surface area (Å²) in [5.41, 5.74) is 1.23. The van der Waals surface area contributed by atoms with Crippen molar-refractivity contribution in [3.05, 3.63) is 64.1 Å². The summed E-state index contributed by atoms with van der Waals surface area (Å²) in [5.74, 6) is 2.94. The number of aromatic amines is 1. The lowest BCUT2D eigenvalue weighted by Gasteiger charge is -2.21. The number of ether oxygens (including phenoxy) is 2. The second-order valence-electron chi connectivity index (χ2n) is 8.62. The molecule has 6 rings (SSSR count). The van der Waals surface area contributed by atoms with Crippen molar-refractivity contribution in [1.82, 2.24) is 30.1 Å². The Morgan fingerprint density at radius 2 is 1.94 bits per heavy atom. The number of hydrogen-bond acceptors (Lipinski definition) is 8. The summed E-state index contributed by atoms with van der Waals surface area (Å²) in [5, 5.41) is 13.4. The van der Waals surface area contributed by atoms with Gasteiger partial charge in [-0.05, 0) is 47.5 Å². The van der Waals surface area contributed by atoms with Crippen molar-refractivity contribution >= 4 is 10.9 Å². The second-order valence-corrected chi connectivity index (χ2v) is 8.62. The molecule has 170 valence electrons. The van der Waals surface area contributed by atoms with Gasteiger partial charge in [0.05, 0.1) is 30.9 Å². The Kier molecular flexibility index (Phi) is 5.06. The van der Waals surface area contributed by atoms with E-state index in [-0.39, 0.29) is 12.4 Å². The smallest absolute Gasteiger partial charge is 0.252 e. The van der Waals surface area contributed by atoms with Crippen LogP contribution in [-0.2, 0) is 19.6 Å². The van der Waals surface area contributed by atoms with Gasteiger partial charge in [0.15, 0.2) is 17.3 Å². The first-order chi connectivity index (χ1) is 16.2. The quantitative estimate of drug-likeness (QED) is 0.459. The van der Waals surface area contributed by atoms with Gasteiger partial charge in [0.1, 0.15) is 5.76 Å². The number of nitrogens with zero attached hydrogens (tertiary/aromatic N) is 5. The monoisotopic (exact) mass is 448 g/mol. The first-order valence-electron chi connectivity index (χ1n) is 11.2. The third-order valence-corrected chi connectivity index (χ3v) is 6.36. The fourth-order valence-electron chi connectivity index (χ4n) is 4.74. The van der Waals surface area contributed by atoms with E-state index in [2.05, 4.69) is 25.4 Å². The van der Waals surface area contributed by atoms with Gasteiger partial charge >= 0.3 is 0 Å². The molecule has 4 aromatic rings. The molecule has 10 nitrogen and oxygen atoms in total. The number of nitrogens with one attached hydrogen (secondary N) is 1. The van der Waals surface area contributed by atoms with Crippen LogP contribution < -0.4 is 15.0 Å². The lowest BCUT2D eigenvalue weighted by atomic mass is 10.1. The van der Waals surface area contributed by atoms with Crippen LogP contribution in [0, 0.1) is 0 Å². The largest absolute Gasteiger partial charge is 0.468 e. The molecule has 0 unspecified atom stereocenters. The molecule has 0 radical (unpaired) electrons. The molecule has 10 heteroatoms. The highest BCUT2D eigenvalue weighted by Crippen LogP contribution is 2.35. The summed E-state index contributed by atoms with van der Waals surface area (Å²) in [6.07, 6.45) is 6.24. The van der Waals surface area contributed by atoms with E-state index in [1.165, 1.54) is 12.8 Å². The van der Waals surface area contributed by atoms with Crippen LogP contribution in [0.5, 0.6) is 11.5 Å². The molecule has 0 atom stereocenters. The Balaban J connectivity index is 1.31. The highest BCUT2D eigenvalue weighted by Gasteiger charge is 2.24. The van der Waals surface area contributed by atoms with Crippen LogP contribution in [0.25, 0.3) is 10.9 Å². The number of furan rings is 1. The third-order valence-electron chi connectivity index (χ3n) is 6.36. The summed E-state index contributed by atoms with van der Waals surface area (Å²) >= 11 is 0. The maximum absolute atomic E-state index is 12.9. The van der Waals surface area contributed by atoms with Gasteiger partial charge in [0, 0.05) is 23.6 Å². The topological polar surface area (TPSA) is 111 Å². The maximum Gasteiger partial charge on any atom is 0.252 e. The number of hydrogen-bond donors (Lipinski definition) is 1. The van der Waals surface area contributed by atoms with E-state index >= 15 is 0 Å². The van der Waals surface area contributed by atoms with Crippen LogP contribution in [0.2, 0.25) is 0 Å². The predicted molar refractivity (Wildman–Crippen MR) is 118 cm³/mol. The summed E-state index contributed by atoms with van der Waals surface area (Å²) in [6, 6.07) is 9.74. The summed E-state index contributed by atoms with van der Waals surface area (Å²) < 4.78 is 18.5. The predicted octanol–water partition coefficient (Wildman–Crippen LogP) is 3.15. The molecule has 1 N–H and O–H groups in total. The molecular formula is C23H24N6O4. The molecule has 0 amide bonds. The maximum atomic E-state index is 12.9. The number of pyridine rings is 1. The highest BCUT2D eigenvalue weighted by molar-refractivity contribution is 5.83. The first-order valence-corrected chi connectivity index (χ1v) is 11.2. The fraction of sp³-hybridized carbons (Fsp3) is 0.391. The van der Waals surface area contributed by atoms with Crippen LogP contribution in [0.3, 0.4) is 0 Å². The Labute approximate surface area is 189 Å². The average molecular weight is 448 g/mol. The van der Waals surface area contributed by atoms with Gasteiger partial charge in [-0.3, -0.25) is 9.69 Å². The number of benzene rings is 1. The Hall–Kier alpha value is -3.66. The molecule has 1 aliphatic heterocycles. The van der Waals surface area contributed by atoms with E-state index in [1.54, 1.807) is 12.3 Å². The van der Waals surface area contributed by atoms with E-state index in [0.29, 0.717) is 42.7 Å². The second kappa shape index (κ2) is 8.36.